The Balaban J connectivity index is 0.000000191. The molecule has 0 N–H and O–H groups in total. The SMILES string of the molecule is CCOC(=O)[C@H]1CC[C@@H](OC2CCCC2)CC1.CCOC(=O)[C@H]1CC[C@H](OC2CCCC2)CC1. The first-order valence-corrected chi connectivity index (χ1v) is 14.2. The minimum Gasteiger partial charge on any atom is -0.466 e. The van der Waals surface area contributed by atoms with Gasteiger partial charge < -0.3 is 18.9 Å². The molecular formula is C28H48O6. The third-order valence-corrected chi connectivity index (χ3v) is 7.96. The number of esters is 2. The van der Waals surface area contributed by atoms with Crippen LogP contribution in [-0.2, 0) is 28.5 Å². The van der Waals surface area contributed by atoms with E-state index in [-0.39, 0.29) is 23.8 Å². The molecule has 0 aromatic carbocycles. The summed E-state index contributed by atoms with van der Waals surface area (Å²) >= 11 is 0. The van der Waals surface area contributed by atoms with E-state index in [0.717, 1.165) is 51.4 Å². The Labute approximate surface area is 206 Å². The van der Waals surface area contributed by atoms with Gasteiger partial charge in [0.15, 0.2) is 0 Å². The van der Waals surface area contributed by atoms with Crippen molar-refractivity contribution in [2.45, 2.75) is 141 Å². The standard InChI is InChI=1S/2C14H24O3/c2*1-2-16-14(15)11-7-9-13(10-8-11)17-12-5-3-4-6-12/h2*11-13H,2-10H2,1H3/t11-,13+;11-,13-. The first kappa shape index (κ1) is 27.4. The van der Waals surface area contributed by atoms with Crippen molar-refractivity contribution in [3.05, 3.63) is 0 Å². The van der Waals surface area contributed by atoms with E-state index in [1.807, 2.05) is 13.8 Å². The van der Waals surface area contributed by atoms with Gasteiger partial charge in [-0.1, -0.05) is 25.7 Å². The molecule has 0 heterocycles. The summed E-state index contributed by atoms with van der Waals surface area (Å²) in [5.74, 6) is 0.232. The number of ether oxygens (including phenoxy) is 4. The van der Waals surface area contributed by atoms with Gasteiger partial charge in [-0.05, 0) is 90.9 Å². The molecule has 0 aromatic heterocycles. The maximum absolute atomic E-state index is 11.6. The van der Waals surface area contributed by atoms with Crippen LogP contribution in [0.4, 0.5) is 0 Å². The summed E-state index contributed by atoms with van der Waals surface area (Å²) in [6.45, 7) is 4.73. The van der Waals surface area contributed by atoms with Crippen LogP contribution >= 0.6 is 0 Å². The minimum atomic E-state index is -0.00758. The van der Waals surface area contributed by atoms with Crippen LogP contribution in [0.25, 0.3) is 0 Å². The van der Waals surface area contributed by atoms with Crippen LogP contribution in [0.1, 0.15) is 117 Å². The highest BCUT2D eigenvalue weighted by molar-refractivity contribution is 5.72. The van der Waals surface area contributed by atoms with Gasteiger partial charge in [-0.3, -0.25) is 9.59 Å². The lowest BCUT2D eigenvalue weighted by Gasteiger charge is -2.29. The van der Waals surface area contributed by atoms with Crippen molar-refractivity contribution < 1.29 is 28.5 Å². The van der Waals surface area contributed by atoms with Gasteiger partial charge in [-0.25, -0.2) is 0 Å². The summed E-state index contributed by atoms with van der Waals surface area (Å²) in [6, 6.07) is 0. The summed E-state index contributed by atoms with van der Waals surface area (Å²) in [7, 11) is 0. The summed E-state index contributed by atoms with van der Waals surface area (Å²) in [5.41, 5.74) is 0. The van der Waals surface area contributed by atoms with Gasteiger partial charge in [-0.15, -0.1) is 0 Å². The molecule has 34 heavy (non-hydrogen) atoms. The van der Waals surface area contributed by atoms with Crippen LogP contribution in [0.3, 0.4) is 0 Å². The molecule has 0 amide bonds. The highest BCUT2D eigenvalue weighted by atomic mass is 16.5. The lowest BCUT2D eigenvalue weighted by atomic mass is 9.87. The summed E-state index contributed by atoms with van der Waals surface area (Å²) in [4.78, 5) is 23.2. The monoisotopic (exact) mass is 480 g/mol. The first-order valence-electron chi connectivity index (χ1n) is 14.2. The van der Waals surface area contributed by atoms with Crippen molar-refractivity contribution in [2.24, 2.45) is 11.8 Å². The lowest BCUT2D eigenvalue weighted by Crippen LogP contribution is -2.29. The van der Waals surface area contributed by atoms with Crippen molar-refractivity contribution in [1.29, 1.82) is 0 Å². The topological polar surface area (TPSA) is 71.1 Å². The van der Waals surface area contributed by atoms with Crippen LogP contribution in [0, 0.1) is 11.8 Å². The quantitative estimate of drug-likeness (QED) is 0.389. The van der Waals surface area contributed by atoms with Crippen LogP contribution in [0.15, 0.2) is 0 Å². The average Bonchev–Trinajstić information content (AvgIpc) is 3.55. The third kappa shape index (κ3) is 9.14. The van der Waals surface area contributed by atoms with E-state index in [4.69, 9.17) is 18.9 Å². The normalized spacial score (nSPS) is 30.4. The second kappa shape index (κ2) is 15.1. The molecule has 0 aliphatic heterocycles. The number of rotatable bonds is 8. The zero-order valence-electron chi connectivity index (χ0n) is 21.6. The maximum Gasteiger partial charge on any atom is 0.308 e. The van der Waals surface area contributed by atoms with Gasteiger partial charge in [0.1, 0.15) is 0 Å². The van der Waals surface area contributed by atoms with Crippen molar-refractivity contribution in [3.8, 4) is 0 Å². The van der Waals surface area contributed by atoms with Gasteiger partial charge in [0.2, 0.25) is 0 Å². The minimum absolute atomic E-state index is 0.00758. The molecule has 0 aromatic rings. The summed E-state index contributed by atoms with van der Waals surface area (Å²) < 4.78 is 22.3. The Morgan fingerprint density at radius 1 is 0.500 bits per heavy atom. The van der Waals surface area contributed by atoms with E-state index in [2.05, 4.69) is 0 Å². The van der Waals surface area contributed by atoms with Crippen LogP contribution in [-0.4, -0.2) is 49.6 Å². The van der Waals surface area contributed by atoms with Gasteiger partial charge in [0.25, 0.3) is 0 Å². The second-order valence-electron chi connectivity index (χ2n) is 10.5. The van der Waals surface area contributed by atoms with E-state index in [0.29, 0.717) is 37.6 Å². The van der Waals surface area contributed by atoms with E-state index in [9.17, 15) is 9.59 Å². The Hall–Kier alpha value is -1.14. The number of hydrogen-bond acceptors (Lipinski definition) is 6. The third-order valence-electron chi connectivity index (χ3n) is 7.96. The molecule has 4 fully saturated rings. The fraction of sp³-hybridized carbons (Fsp3) is 0.929. The molecule has 6 nitrogen and oxygen atoms in total. The molecule has 0 atom stereocenters. The van der Waals surface area contributed by atoms with E-state index in [1.54, 1.807) is 0 Å². The molecule has 0 saturated heterocycles. The second-order valence-corrected chi connectivity index (χ2v) is 10.5. The zero-order chi connectivity index (χ0) is 24.2. The molecule has 4 aliphatic rings. The predicted octanol–water partition coefficient (Wildman–Crippen LogP) is 6.14. The van der Waals surface area contributed by atoms with Gasteiger partial charge >= 0.3 is 11.9 Å². The summed E-state index contributed by atoms with van der Waals surface area (Å²) in [6.07, 6.45) is 19.9. The predicted molar refractivity (Wildman–Crippen MR) is 131 cm³/mol. The van der Waals surface area contributed by atoms with Crippen molar-refractivity contribution in [2.75, 3.05) is 13.2 Å². The maximum atomic E-state index is 11.6. The van der Waals surface area contributed by atoms with Crippen LogP contribution in [0.2, 0.25) is 0 Å². The van der Waals surface area contributed by atoms with Gasteiger partial charge in [0.05, 0.1) is 49.5 Å². The van der Waals surface area contributed by atoms with Gasteiger partial charge in [0, 0.05) is 0 Å². The molecule has 0 bridgehead atoms. The smallest absolute Gasteiger partial charge is 0.308 e. The molecule has 6 heteroatoms. The van der Waals surface area contributed by atoms with Crippen molar-refractivity contribution in [3.63, 3.8) is 0 Å². The number of carbonyl (C=O) groups excluding carboxylic acids is 2. The fourth-order valence-corrected chi connectivity index (χ4v) is 5.98. The zero-order valence-corrected chi connectivity index (χ0v) is 21.6. The van der Waals surface area contributed by atoms with Crippen molar-refractivity contribution in [1.82, 2.24) is 0 Å². The molecule has 196 valence electrons. The Bertz CT molecular complexity index is 528. The first-order chi connectivity index (χ1) is 16.6. The Morgan fingerprint density at radius 2 is 0.794 bits per heavy atom. The number of hydrogen-bond donors (Lipinski definition) is 0. The molecule has 4 saturated carbocycles. The van der Waals surface area contributed by atoms with Crippen LogP contribution < -0.4 is 0 Å². The average molecular weight is 481 g/mol. The van der Waals surface area contributed by atoms with Crippen molar-refractivity contribution >= 4 is 11.9 Å². The largest absolute Gasteiger partial charge is 0.466 e. The van der Waals surface area contributed by atoms with E-state index < -0.39 is 0 Å². The molecule has 0 unspecified atom stereocenters. The molecule has 4 aliphatic carbocycles. The van der Waals surface area contributed by atoms with Crippen LogP contribution in [0.5, 0.6) is 0 Å². The Morgan fingerprint density at radius 3 is 1.09 bits per heavy atom. The highest BCUT2D eigenvalue weighted by Gasteiger charge is 2.30. The lowest BCUT2D eigenvalue weighted by molar-refractivity contribution is -0.151. The molecular weight excluding hydrogens is 432 g/mol. The fourth-order valence-electron chi connectivity index (χ4n) is 5.98. The van der Waals surface area contributed by atoms with E-state index in [1.165, 1.54) is 51.4 Å². The number of carbonyl (C=O) groups is 2. The molecule has 4 rings (SSSR count). The van der Waals surface area contributed by atoms with E-state index >= 15 is 0 Å². The van der Waals surface area contributed by atoms with Gasteiger partial charge in [-0.2, -0.15) is 0 Å². The molecule has 0 radical (unpaired) electrons. The summed E-state index contributed by atoms with van der Waals surface area (Å²) in [5, 5.41) is 0. The molecule has 0 spiro atoms. The Kier molecular flexibility index (Phi) is 12.2. The highest BCUT2D eigenvalue weighted by Crippen LogP contribution is 2.32.